The fourth-order valence-corrected chi connectivity index (χ4v) is 2.19. The van der Waals surface area contributed by atoms with Crippen LogP contribution in [0.2, 0.25) is 0 Å². The number of benzene rings is 1. The molecule has 112 valence electrons. The second-order valence-corrected chi connectivity index (χ2v) is 5.48. The van der Waals surface area contributed by atoms with E-state index >= 15 is 0 Å². The summed E-state index contributed by atoms with van der Waals surface area (Å²) in [5.74, 6) is 7.72. The number of aromatic nitrogens is 2. The molecule has 0 fully saturated rings. The highest BCUT2D eigenvalue weighted by Crippen LogP contribution is 2.22. The van der Waals surface area contributed by atoms with Crippen LogP contribution in [0.4, 0.5) is 5.82 Å². The normalized spacial score (nSPS) is 12.2. The molecular formula is C16H22N4O. The summed E-state index contributed by atoms with van der Waals surface area (Å²) in [5.41, 5.74) is 3.49. The minimum absolute atomic E-state index is 0.0918. The lowest BCUT2D eigenvalue weighted by atomic mass is 10.1. The molecule has 1 aromatic carbocycles. The van der Waals surface area contributed by atoms with E-state index in [0.717, 1.165) is 12.0 Å². The molecule has 1 unspecified atom stereocenters. The van der Waals surface area contributed by atoms with Crippen molar-refractivity contribution in [1.29, 1.82) is 0 Å². The van der Waals surface area contributed by atoms with Crippen LogP contribution in [0.5, 0.6) is 5.88 Å². The van der Waals surface area contributed by atoms with Crippen LogP contribution in [0.15, 0.2) is 36.4 Å². The maximum absolute atomic E-state index is 5.88. The molecule has 5 nitrogen and oxygen atoms in total. The number of hydrazine groups is 1. The van der Waals surface area contributed by atoms with Gasteiger partial charge in [-0.3, -0.25) is 0 Å². The summed E-state index contributed by atoms with van der Waals surface area (Å²) in [7, 11) is 0. The van der Waals surface area contributed by atoms with E-state index in [2.05, 4.69) is 29.2 Å². The fourth-order valence-electron chi connectivity index (χ4n) is 2.19. The van der Waals surface area contributed by atoms with Gasteiger partial charge in [-0.2, -0.15) is 4.98 Å². The first-order valence-electron chi connectivity index (χ1n) is 7.16. The Labute approximate surface area is 125 Å². The van der Waals surface area contributed by atoms with Crippen LogP contribution in [0.25, 0.3) is 11.4 Å². The van der Waals surface area contributed by atoms with Gasteiger partial charge in [0.25, 0.3) is 0 Å². The van der Waals surface area contributed by atoms with E-state index in [1.165, 1.54) is 0 Å². The Morgan fingerprint density at radius 2 is 1.86 bits per heavy atom. The third-order valence-corrected chi connectivity index (χ3v) is 3.01. The Morgan fingerprint density at radius 1 is 1.14 bits per heavy atom. The van der Waals surface area contributed by atoms with Crippen molar-refractivity contribution in [3.05, 3.63) is 36.4 Å². The average Bonchev–Trinajstić information content (AvgIpc) is 2.46. The van der Waals surface area contributed by atoms with Crippen LogP contribution in [0.3, 0.4) is 0 Å². The molecule has 2 rings (SSSR count). The van der Waals surface area contributed by atoms with Crippen molar-refractivity contribution in [2.45, 2.75) is 33.3 Å². The number of nitrogens with zero attached hydrogens (tertiary/aromatic N) is 2. The van der Waals surface area contributed by atoms with Crippen LogP contribution in [-0.4, -0.2) is 16.1 Å². The summed E-state index contributed by atoms with van der Waals surface area (Å²) in [5, 5.41) is 0. The van der Waals surface area contributed by atoms with E-state index in [0.29, 0.717) is 23.4 Å². The largest absolute Gasteiger partial charge is 0.474 e. The zero-order valence-electron chi connectivity index (χ0n) is 12.7. The molecule has 0 saturated heterocycles. The summed E-state index contributed by atoms with van der Waals surface area (Å²) >= 11 is 0. The highest BCUT2D eigenvalue weighted by Gasteiger charge is 2.11. The second kappa shape index (κ2) is 7.04. The van der Waals surface area contributed by atoms with Gasteiger partial charge in [-0.05, 0) is 19.3 Å². The molecule has 0 aliphatic carbocycles. The third kappa shape index (κ3) is 4.43. The van der Waals surface area contributed by atoms with Crippen molar-refractivity contribution in [3.63, 3.8) is 0 Å². The maximum Gasteiger partial charge on any atom is 0.219 e. The van der Waals surface area contributed by atoms with Crippen LogP contribution in [0, 0.1) is 5.92 Å². The van der Waals surface area contributed by atoms with Gasteiger partial charge >= 0.3 is 0 Å². The third-order valence-electron chi connectivity index (χ3n) is 3.01. The molecule has 5 heteroatoms. The number of nitrogen functional groups attached to an aromatic ring is 1. The topological polar surface area (TPSA) is 73.1 Å². The summed E-state index contributed by atoms with van der Waals surface area (Å²) in [6.07, 6.45) is 1.06. The standard InChI is InChI=1S/C16H22N4O/c1-11(2)9-12(3)21-15-10-14(20-17)18-16(19-15)13-7-5-4-6-8-13/h4-8,10-12H,9,17H2,1-3H3,(H,18,19,20). The number of hydrogen-bond acceptors (Lipinski definition) is 5. The van der Waals surface area contributed by atoms with E-state index in [-0.39, 0.29) is 6.10 Å². The minimum Gasteiger partial charge on any atom is -0.474 e. The lowest BCUT2D eigenvalue weighted by Crippen LogP contribution is -2.16. The van der Waals surface area contributed by atoms with Gasteiger partial charge in [0.1, 0.15) is 5.82 Å². The first-order valence-corrected chi connectivity index (χ1v) is 7.16. The van der Waals surface area contributed by atoms with Crippen LogP contribution < -0.4 is 16.0 Å². The summed E-state index contributed by atoms with van der Waals surface area (Å²) in [6, 6.07) is 11.5. The van der Waals surface area contributed by atoms with Crippen LogP contribution >= 0.6 is 0 Å². The summed E-state index contributed by atoms with van der Waals surface area (Å²) < 4.78 is 5.88. The van der Waals surface area contributed by atoms with E-state index < -0.39 is 0 Å². The lowest BCUT2D eigenvalue weighted by Gasteiger charge is -2.16. The van der Waals surface area contributed by atoms with Crippen LogP contribution in [0.1, 0.15) is 27.2 Å². The zero-order chi connectivity index (χ0) is 15.2. The maximum atomic E-state index is 5.88. The average molecular weight is 286 g/mol. The number of nitrogens with two attached hydrogens (primary N) is 1. The fraction of sp³-hybridized carbons (Fsp3) is 0.375. The molecule has 1 atom stereocenters. The molecular weight excluding hydrogens is 264 g/mol. The van der Waals surface area contributed by atoms with Gasteiger partial charge in [0.2, 0.25) is 5.88 Å². The van der Waals surface area contributed by atoms with Gasteiger partial charge < -0.3 is 10.2 Å². The van der Waals surface area contributed by atoms with Crippen molar-refractivity contribution in [3.8, 4) is 17.3 Å². The molecule has 0 aliphatic heterocycles. The Bertz CT molecular complexity index is 572. The molecule has 0 amide bonds. The zero-order valence-corrected chi connectivity index (χ0v) is 12.7. The molecule has 1 heterocycles. The van der Waals surface area contributed by atoms with Crippen molar-refractivity contribution in [1.82, 2.24) is 9.97 Å². The van der Waals surface area contributed by atoms with Crippen molar-refractivity contribution >= 4 is 5.82 Å². The lowest BCUT2D eigenvalue weighted by molar-refractivity contribution is 0.186. The molecule has 2 aromatic rings. The first kappa shape index (κ1) is 15.3. The molecule has 0 aliphatic rings. The van der Waals surface area contributed by atoms with Gasteiger partial charge in [0.05, 0.1) is 6.10 Å². The van der Waals surface area contributed by atoms with Gasteiger partial charge in [-0.1, -0.05) is 44.2 Å². The molecule has 21 heavy (non-hydrogen) atoms. The highest BCUT2D eigenvalue weighted by molar-refractivity contribution is 5.57. The second-order valence-electron chi connectivity index (χ2n) is 5.48. The quantitative estimate of drug-likeness (QED) is 0.630. The predicted molar refractivity (Wildman–Crippen MR) is 84.8 cm³/mol. The first-order chi connectivity index (χ1) is 10.1. The number of nitrogens with one attached hydrogen (secondary N) is 1. The molecule has 0 radical (unpaired) electrons. The molecule has 1 aromatic heterocycles. The van der Waals surface area contributed by atoms with Gasteiger partial charge in [0, 0.05) is 11.6 Å². The van der Waals surface area contributed by atoms with E-state index in [9.17, 15) is 0 Å². The smallest absolute Gasteiger partial charge is 0.219 e. The number of anilines is 1. The molecule has 0 bridgehead atoms. The Kier molecular flexibility index (Phi) is 5.11. The molecule has 0 spiro atoms. The van der Waals surface area contributed by atoms with Crippen molar-refractivity contribution in [2.75, 3.05) is 5.43 Å². The number of ether oxygens (including phenoxy) is 1. The monoisotopic (exact) mass is 286 g/mol. The van der Waals surface area contributed by atoms with Crippen molar-refractivity contribution in [2.24, 2.45) is 11.8 Å². The van der Waals surface area contributed by atoms with E-state index in [1.807, 2.05) is 37.3 Å². The van der Waals surface area contributed by atoms with E-state index in [4.69, 9.17) is 10.6 Å². The van der Waals surface area contributed by atoms with Gasteiger partial charge in [-0.15, -0.1) is 0 Å². The minimum atomic E-state index is 0.0918. The molecule has 3 N–H and O–H groups in total. The van der Waals surface area contributed by atoms with Crippen molar-refractivity contribution < 1.29 is 4.74 Å². The molecule has 0 saturated carbocycles. The Balaban J connectivity index is 2.26. The number of rotatable bonds is 6. The van der Waals surface area contributed by atoms with E-state index in [1.54, 1.807) is 6.07 Å². The predicted octanol–water partition coefficient (Wildman–Crippen LogP) is 3.24. The summed E-state index contributed by atoms with van der Waals surface area (Å²) in [4.78, 5) is 8.83. The van der Waals surface area contributed by atoms with Gasteiger partial charge in [-0.25, -0.2) is 10.8 Å². The Morgan fingerprint density at radius 3 is 2.48 bits per heavy atom. The highest BCUT2D eigenvalue weighted by atomic mass is 16.5. The number of hydrogen-bond donors (Lipinski definition) is 2. The Hall–Kier alpha value is -2.14. The SMILES string of the molecule is CC(C)CC(C)Oc1cc(NN)nc(-c2ccccc2)n1. The summed E-state index contributed by atoms with van der Waals surface area (Å²) in [6.45, 7) is 6.38. The van der Waals surface area contributed by atoms with Crippen LogP contribution in [-0.2, 0) is 0 Å². The van der Waals surface area contributed by atoms with Gasteiger partial charge in [0.15, 0.2) is 5.82 Å².